The van der Waals surface area contributed by atoms with Gasteiger partial charge < -0.3 is 4.90 Å². The van der Waals surface area contributed by atoms with Crippen LogP contribution in [0.4, 0.5) is 4.39 Å². The third-order valence-electron chi connectivity index (χ3n) is 3.40. The van der Waals surface area contributed by atoms with Crippen molar-refractivity contribution in [1.82, 2.24) is 9.88 Å². The van der Waals surface area contributed by atoms with Crippen molar-refractivity contribution in [1.29, 1.82) is 0 Å². The van der Waals surface area contributed by atoms with E-state index >= 15 is 0 Å². The molecule has 1 heterocycles. The summed E-state index contributed by atoms with van der Waals surface area (Å²) in [5.41, 5.74) is 1.39. The molecular weight excluding hydrogens is 255 g/mol. The average molecular weight is 270 g/mol. The van der Waals surface area contributed by atoms with Crippen LogP contribution in [0.15, 0.2) is 48.7 Å². The first-order chi connectivity index (χ1) is 9.74. The number of halogens is 1. The molecule has 20 heavy (non-hydrogen) atoms. The van der Waals surface area contributed by atoms with E-state index < -0.39 is 0 Å². The molecule has 1 saturated carbocycles. The lowest BCUT2D eigenvalue weighted by Crippen LogP contribution is -2.32. The van der Waals surface area contributed by atoms with Gasteiger partial charge in [-0.3, -0.25) is 9.78 Å². The van der Waals surface area contributed by atoms with Gasteiger partial charge >= 0.3 is 0 Å². The first kappa shape index (κ1) is 12.8. The summed E-state index contributed by atoms with van der Waals surface area (Å²) in [5, 5.41) is 0. The van der Waals surface area contributed by atoms with E-state index in [1.807, 2.05) is 23.1 Å². The van der Waals surface area contributed by atoms with Gasteiger partial charge in [0.1, 0.15) is 5.82 Å². The molecule has 0 atom stereocenters. The first-order valence-electron chi connectivity index (χ1n) is 6.70. The summed E-state index contributed by atoms with van der Waals surface area (Å²) in [7, 11) is 0. The fourth-order valence-corrected chi connectivity index (χ4v) is 2.18. The molecule has 0 bridgehead atoms. The van der Waals surface area contributed by atoms with Gasteiger partial charge in [-0.05, 0) is 49.2 Å². The molecule has 1 fully saturated rings. The van der Waals surface area contributed by atoms with E-state index in [1.165, 1.54) is 24.3 Å². The minimum Gasteiger partial charge on any atom is -0.330 e. The smallest absolute Gasteiger partial charge is 0.254 e. The maximum absolute atomic E-state index is 12.9. The zero-order valence-corrected chi connectivity index (χ0v) is 11.0. The van der Waals surface area contributed by atoms with E-state index in [-0.39, 0.29) is 17.8 Å². The molecule has 1 aliphatic carbocycles. The predicted octanol–water partition coefficient (Wildman–Crippen LogP) is 3.03. The topological polar surface area (TPSA) is 33.2 Å². The number of amides is 1. The van der Waals surface area contributed by atoms with Crippen molar-refractivity contribution < 1.29 is 9.18 Å². The van der Waals surface area contributed by atoms with Gasteiger partial charge in [0.25, 0.3) is 5.91 Å². The van der Waals surface area contributed by atoms with Crippen molar-refractivity contribution in [3.05, 3.63) is 65.7 Å². The highest BCUT2D eigenvalue weighted by atomic mass is 19.1. The van der Waals surface area contributed by atoms with Crippen LogP contribution in [0.3, 0.4) is 0 Å². The van der Waals surface area contributed by atoms with Crippen LogP contribution in [-0.4, -0.2) is 21.8 Å². The lowest BCUT2D eigenvalue weighted by Gasteiger charge is -2.22. The summed E-state index contributed by atoms with van der Waals surface area (Å²) in [6, 6.07) is 11.7. The molecule has 102 valence electrons. The molecular formula is C16H15FN2O. The fraction of sp³-hybridized carbons (Fsp3) is 0.250. The molecule has 0 saturated heterocycles. The zero-order valence-electron chi connectivity index (χ0n) is 11.0. The number of carbonyl (C=O) groups excluding carboxylic acids is 1. The SMILES string of the molecule is O=C(c1ccc(F)cc1)N(Cc1ccccn1)C1CC1. The number of carbonyl (C=O) groups is 1. The molecule has 4 heteroatoms. The Morgan fingerprint density at radius 3 is 2.55 bits per heavy atom. The predicted molar refractivity (Wildman–Crippen MR) is 73.5 cm³/mol. The third-order valence-corrected chi connectivity index (χ3v) is 3.40. The third kappa shape index (κ3) is 2.85. The summed E-state index contributed by atoms with van der Waals surface area (Å²) in [5.74, 6) is -0.387. The standard InChI is InChI=1S/C16H15FN2O/c17-13-6-4-12(5-7-13)16(20)19(15-8-9-15)11-14-3-1-2-10-18-14/h1-7,10,15H,8-9,11H2. The zero-order chi connectivity index (χ0) is 13.9. The van der Waals surface area contributed by atoms with Crippen LogP contribution < -0.4 is 0 Å². The molecule has 0 unspecified atom stereocenters. The normalized spacial score (nSPS) is 14.1. The van der Waals surface area contributed by atoms with Crippen LogP contribution in [0.5, 0.6) is 0 Å². The van der Waals surface area contributed by atoms with Gasteiger partial charge in [0, 0.05) is 17.8 Å². The minimum atomic E-state index is -0.329. The van der Waals surface area contributed by atoms with Crippen molar-refractivity contribution in [3.63, 3.8) is 0 Å². The van der Waals surface area contributed by atoms with Crippen molar-refractivity contribution in [2.45, 2.75) is 25.4 Å². The van der Waals surface area contributed by atoms with Crippen LogP contribution in [0.2, 0.25) is 0 Å². The number of hydrogen-bond acceptors (Lipinski definition) is 2. The number of aromatic nitrogens is 1. The lowest BCUT2D eigenvalue weighted by atomic mass is 10.2. The Kier molecular flexibility index (Phi) is 3.46. The van der Waals surface area contributed by atoms with E-state index in [4.69, 9.17) is 0 Å². The molecule has 0 aliphatic heterocycles. The van der Waals surface area contributed by atoms with E-state index in [0.717, 1.165) is 18.5 Å². The largest absolute Gasteiger partial charge is 0.330 e. The number of rotatable bonds is 4. The Hall–Kier alpha value is -2.23. The van der Waals surface area contributed by atoms with Gasteiger partial charge in [-0.15, -0.1) is 0 Å². The summed E-state index contributed by atoms with van der Waals surface area (Å²) in [6.45, 7) is 0.502. The summed E-state index contributed by atoms with van der Waals surface area (Å²) >= 11 is 0. The van der Waals surface area contributed by atoms with E-state index in [0.29, 0.717) is 12.1 Å². The maximum atomic E-state index is 12.9. The van der Waals surface area contributed by atoms with Crippen LogP contribution in [0.25, 0.3) is 0 Å². The Morgan fingerprint density at radius 1 is 1.20 bits per heavy atom. The number of benzene rings is 1. The maximum Gasteiger partial charge on any atom is 0.254 e. The van der Waals surface area contributed by atoms with Crippen LogP contribution in [0.1, 0.15) is 28.9 Å². The molecule has 2 aromatic rings. The van der Waals surface area contributed by atoms with Crippen molar-refractivity contribution >= 4 is 5.91 Å². The molecule has 0 spiro atoms. The molecule has 1 aromatic carbocycles. The van der Waals surface area contributed by atoms with E-state index in [1.54, 1.807) is 6.20 Å². The summed E-state index contributed by atoms with van der Waals surface area (Å²) in [4.78, 5) is 18.6. The van der Waals surface area contributed by atoms with Gasteiger partial charge in [0.05, 0.1) is 12.2 Å². The summed E-state index contributed by atoms with van der Waals surface area (Å²) in [6.07, 6.45) is 3.78. The van der Waals surface area contributed by atoms with Crippen LogP contribution >= 0.6 is 0 Å². The molecule has 3 nitrogen and oxygen atoms in total. The Labute approximate surface area is 117 Å². The Morgan fingerprint density at radius 2 is 1.95 bits per heavy atom. The van der Waals surface area contributed by atoms with E-state index in [9.17, 15) is 9.18 Å². The number of pyridine rings is 1. The quantitative estimate of drug-likeness (QED) is 0.855. The van der Waals surface area contributed by atoms with Gasteiger partial charge in [-0.2, -0.15) is 0 Å². The van der Waals surface area contributed by atoms with Crippen molar-refractivity contribution in [3.8, 4) is 0 Å². The number of nitrogens with zero attached hydrogens (tertiary/aromatic N) is 2. The van der Waals surface area contributed by atoms with Gasteiger partial charge in [-0.1, -0.05) is 6.07 Å². The number of hydrogen-bond donors (Lipinski definition) is 0. The molecule has 1 amide bonds. The lowest BCUT2D eigenvalue weighted by molar-refractivity contribution is 0.0727. The summed E-state index contributed by atoms with van der Waals surface area (Å²) < 4.78 is 12.9. The van der Waals surface area contributed by atoms with Gasteiger partial charge in [0.2, 0.25) is 0 Å². The van der Waals surface area contributed by atoms with Gasteiger partial charge in [0.15, 0.2) is 0 Å². The highest BCUT2D eigenvalue weighted by Gasteiger charge is 2.33. The second kappa shape index (κ2) is 5.41. The van der Waals surface area contributed by atoms with Crippen LogP contribution in [-0.2, 0) is 6.54 Å². The second-order valence-corrected chi connectivity index (χ2v) is 4.99. The van der Waals surface area contributed by atoms with Crippen LogP contribution in [0, 0.1) is 5.82 Å². The first-order valence-corrected chi connectivity index (χ1v) is 6.70. The molecule has 0 N–H and O–H groups in total. The van der Waals surface area contributed by atoms with Crippen molar-refractivity contribution in [2.24, 2.45) is 0 Å². The molecule has 0 radical (unpaired) electrons. The monoisotopic (exact) mass is 270 g/mol. The average Bonchev–Trinajstić information content (AvgIpc) is 3.30. The fourth-order valence-electron chi connectivity index (χ4n) is 2.18. The Bertz CT molecular complexity index is 594. The minimum absolute atomic E-state index is 0.0573. The molecule has 1 aliphatic rings. The highest BCUT2D eigenvalue weighted by Crippen LogP contribution is 2.29. The second-order valence-electron chi connectivity index (χ2n) is 4.99. The van der Waals surface area contributed by atoms with Gasteiger partial charge in [-0.25, -0.2) is 4.39 Å². The Balaban J connectivity index is 1.80. The highest BCUT2D eigenvalue weighted by molar-refractivity contribution is 5.94. The van der Waals surface area contributed by atoms with E-state index in [2.05, 4.69) is 4.98 Å². The molecule has 3 rings (SSSR count). The van der Waals surface area contributed by atoms with Crippen molar-refractivity contribution in [2.75, 3.05) is 0 Å². The molecule has 1 aromatic heterocycles.